The van der Waals surface area contributed by atoms with Crippen LogP contribution in [0.15, 0.2) is 36.0 Å². The van der Waals surface area contributed by atoms with Gasteiger partial charge in [0.1, 0.15) is 24.5 Å². The summed E-state index contributed by atoms with van der Waals surface area (Å²) in [6.45, 7) is 14.1. The van der Waals surface area contributed by atoms with Crippen molar-refractivity contribution in [3.05, 3.63) is 42.0 Å². The Morgan fingerprint density at radius 3 is 2.60 bits per heavy atom. The Kier molecular flexibility index (Phi) is 6.01. The first-order chi connectivity index (χ1) is 13.9. The van der Waals surface area contributed by atoms with Crippen LogP contribution in [0.5, 0.6) is 5.75 Å². The molecule has 7 heteroatoms. The molecule has 1 aliphatic rings. The number of hydrogen-bond donors (Lipinski definition) is 0. The van der Waals surface area contributed by atoms with Crippen LogP contribution in [0.4, 0.5) is 0 Å². The molecule has 2 heterocycles. The lowest BCUT2D eigenvalue weighted by Crippen LogP contribution is -2.35. The van der Waals surface area contributed by atoms with Crippen LogP contribution in [0.25, 0.3) is 0 Å². The second kappa shape index (κ2) is 8.20. The molecule has 0 fully saturated rings. The number of rotatable bonds is 5. The van der Waals surface area contributed by atoms with Gasteiger partial charge in [0, 0.05) is 25.2 Å². The van der Waals surface area contributed by atoms with E-state index in [2.05, 4.69) is 54.2 Å². The summed E-state index contributed by atoms with van der Waals surface area (Å²) in [5, 5.41) is 8.56. The number of nitrogens with zero attached hydrogens (tertiary/aromatic N) is 4. The van der Waals surface area contributed by atoms with Crippen LogP contribution in [0.2, 0.25) is 0 Å². The van der Waals surface area contributed by atoms with E-state index in [1.54, 1.807) is 11.0 Å². The van der Waals surface area contributed by atoms with Crippen LogP contribution in [0.3, 0.4) is 0 Å². The van der Waals surface area contributed by atoms with Crippen molar-refractivity contribution in [2.45, 2.75) is 78.9 Å². The van der Waals surface area contributed by atoms with Gasteiger partial charge in [-0.25, -0.2) is 14.5 Å². The maximum Gasteiger partial charge on any atom is 0.331 e. The Hall–Kier alpha value is -2.70. The van der Waals surface area contributed by atoms with E-state index < -0.39 is 5.97 Å². The third kappa shape index (κ3) is 5.07. The van der Waals surface area contributed by atoms with Crippen molar-refractivity contribution in [1.82, 2.24) is 14.8 Å². The highest BCUT2D eigenvalue weighted by molar-refractivity contribution is 5.92. The Bertz CT molecular complexity index is 921. The maximum atomic E-state index is 11.4. The molecule has 2 atom stereocenters. The van der Waals surface area contributed by atoms with Crippen molar-refractivity contribution in [2.75, 3.05) is 0 Å². The SMILES string of the molecule is CC(=O)ON=C(C(CC1Cc2cc(C(C)(C)C)ccc2O1)n1cncn1)C(C)(C)C. The molecule has 0 N–H and O–H groups in total. The van der Waals surface area contributed by atoms with E-state index in [-0.39, 0.29) is 23.0 Å². The quantitative estimate of drug-likeness (QED) is 0.411. The first-order valence-electron chi connectivity index (χ1n) is 10.4. The van der Waals surface area contributed by atoms with Gasteiger partial charge in [-0.05, 0) is 22.6 Å². The van der Waals surface area contributed by atoms with Crippen molar-refractivity contribution < 1.29 is 14.4 Å². The van der Waals surface area contributed by atoms with Crippen molar-refractivity contribution in [3.63, 3.8) is 0 Å². The molecule has 30 heavy (non-hydrogen) atoms. The second-order valence-corrected chi connectivity index (χ2v) is 9.95. The van der Waals surface area contributed by atoms with E-state index in [0.717, 1.165) is 17.9 Å². The first kappa shape index (κ1) is 22.0. The molecule has 0 saturated carbocycles. The number of oxime groups is 1. The lowest BCUT2D eigenvalue weighted by molar-refractivity contribution is -0.141. The van der Waals surface area contributed by atoms with Gasteiger partial charge in [-0.2, -0.15) is 5.10 Å². The topological polar surface area (TPSA) is 78.6 Å². The standard InChI is InChI=1S/C23H32N4O3/c1-15(28)30-26-21(23(5,6)7)19(27-14-24-13-25-27)12-18-11-16-10-17(22(2,3)4)8-9-20(16)29-18/h8-10,13-14,18-19H,11-12H2,1-7H3. The number of carbonyl (C=O) groups is 1. The highest BCUT2D eigenvalue weighted by Crippen LogP contribution is 2.37. The highest BCUT2D eigenvalue weighted by atomic mass is 16.7. The largest absolute Gasteiger partial charge is 0.490 e. The monoisotopic (exact) mass is 412 g/mol. The van der Waals surface area contributed by atoms with Crippen molar-refractivity contribution in [2.24, 2.45) is 10.6 Å². The lowest BCUT2D eigenvalue weighted by atomic mass is 9.83. The zero-order valence-corrected chi connectivity index (χ0v) is 19.0. The van der Waals surface area contributed by atoms with Gasteiger partial charge < -0.3 is 9.57 Å². The van der Waals surface area contributed by atoms with Crippen LogP contribution in [0, 0.1) is 5.41 Å². The number of fused-ring (bicyclic) bond motifs is 1. The van der Waals surface area contributed by atoms with Crippen molar-refractivity contribution in [3.8, 4) is 5.75 Å². The summed E-state index contributed by atoms with van der Waals surface area (Å²) < 4.78 is 8.03. The minimum absolute atomic E-state index is 0.0331. The maximum absolute atomic E-state index is 11.4. The van der Waals surface area contributed by atoms with Crippen LogP contribution in [0.1, 0.15) is 72.1 Å². The zero-order chi connectivity index (χ0) is 22.1. The molecule has 3 rings (SSSR count). The fourth-order valence-corrected chi connectivity index (χ4v) is 3.70. The summed E-state index contributed by atoms with van der Waals surface area (Å²) >= 11 is 0. The van der Waals surface area contributed by atoms with Gasteiger partial charge >= 0.3 is 5.97 Å². The molecule has 162 valence electrons. The minimum atomic E-state index is -0.451. The van der Waals surface area contributed by atoms with Crippen molar-refractivity contribution >= 4 is 11.7 Å². The number of aromatic nitrogens is 3. The molecule has 1 aliphatic heterocycles. The van der Waals surface area contributed by atoms with Crippen LogP contribution >= 0.6 is 0 Å². The normalized spacial score (nSPS) is 18.0. The highest BCUT2D eigenvalue weighted by Gasteiger charge is 2.35. The Morgan fingerprint density at radius 2 is 2.03 bits per heavy atom. The number of ether oxygens (including phenoxy) is 1. The molecule has 0 aliphatic carbocycles. The first-order valence-corrected chi connectivity index (χ1v) is 10.4. The van der Waals surface area contributed by atoms with Gasteiger partial charge in [0.2, 0.25) is 0 Å². The van der Waals surface area contributed by atoms with E-state index in [9.17, 15) is 4.79 Å². The Balaban J connectivity index is 1.88. The zero-order valence-electron chi connectivity index (χ0n) is 19.0. The summed E-state index contributed by atoms with van der Waals surface area (Å²) in [5.74, 6) is 0.480. The summed E-state index contributed by atoms with van der Waals surface area (Å²) in [5.41, 5.74) is 2.99. The van der Waals surface area contributed by atoms with E-state index in [1.807, 2.05) is 20.8 Å². The van der Waals surface area contributed by atoms with Crippen LogP contribution < -0.4 is 4.74 Å². The van der Waals surface area contributed by atoms with E-state index in [1.165, 1.54) is 24.4 Å². The fourth-order valence-electron chi connectivity index (χ4n) is 3.70. The molecule has 1 aromatic carbocycles. The summed E-state index contributed by atoms with van der Waals surface area (Å²) in [6, 6.07) is 6.21. The van der Waals surface area contributed by atoms with E-state index in [4.69, 9.17) is 9.57 Å². The Labute approximate surface area is 178 Å². The molecule has 2 aromatic rings. The molecule has 0 saturated heterocycles. The van der Waals surface area contributed by atoms with Gasteiger partial charge in [-0.1, -0.05) is 58.8 Å². The number of benzene rings is 1. The smallest absolute Gasteiger partial charge is 0.331 e. The van der Waals surface area contributed by atoms with Gasteiger partial charge in [0.05, 0.1) is 11.8 Å². The molecule has 0 spiro atoms. The van der Waals surface area contributed by atoms with Gasteiger partial charge in [0.25, 0.3) is 0 Å². The van der Waals surface area contributed by atoms with E-state index >= 15 is 0 Å². The van der Waals surface area contributed by atoms with E-state index in [0.29, 0.717) is 6.42 Å². The number of hydrogen-bond acceptors (Lipinski definition) is 6. The van der Waals surface area contributed by atoms with Gasteiger partial charge in [0.15, 0.2) is 0 Å². The van der Waals surface area contributed by atoms with Crippen LogP contribution in [-0.2, 0) is 21.5 Å². The second-order valence-electron chi connectivity index (χ2n) is 9.95. The third-order valence-electron chi connectivity index (χ3n) is 5.27. The number of carbonyl (C=O) groups excluding carboxylic acids is 1. The van der Waals surface area contributed by atoms with Gasteiger partial charge in [-0.15, -0.1) is 0 Å². The molecule has 2 unspecified atom stereocenters. The average Bonchev–Trinajstić information content (AvgIpc) is 3.27. The molecule has 0 bridgehead atoms. The van der Waals surface area contributed by atoms with Crippen molar-refractivity contribution in [1.29, 1.82) is 0 Å². The molecule has 0 amide bonds. The average molecular weight is 413 g/mol. The lowest BCUT2D eigenvalue weighted by Gasteiger charge is -2.29. The van der Waals surface area contributed by atoms with Gasteiger partial charge in [-0.3, -0.25) is 0 Å². The predicted molar refractivity (Wildman–Crippen MR) is 116 cm³/mol. The summed E-state index contributed by atoms with van der Waals surface area (Å²) in [6.07, 6.45) is 4.59. The minimum Gasteiger partial charge on any atom is -0.490 e. The Morgan fingerprint density at radius 1 is 1.30 bits per heavy atom. The molecular weight excluding hydrogens is 380 g/mol. The molecule has 1 aromatic heterocycles. The molecule has 0 radical (unpaired) electrons. The molecular formula is C23H32N4O3. The predicted octanol–water partition coefficient (Wildman–Crippen LogP) is 4.48. The fraction of sp³-hybridized carbons (Fsp3) is 0.565. The van der Waals surface area contributed by atoms with Crippen LogP contribution in [-0.4, -0.2) is 32.5 Å². The molecule has 7 nitrogen and oxygen atoms in total. The summed E-state index contributed by atoms with van der Waals surface area (Å²) in [4.78, 5) is 20.5. The summed E-state index contributed by atoms with van der Waals surface area (Å²) in [7, 11) is 0. The third-order valence-corrected chi connectivity index (χ3v) is 5.27.